The summed E-state index contributed by atoms with van der Waals surface area (Å²) < 4.78 is 2.83. The van der Waals surface area contributed by atoms with Crippen LogP contribution >= 0.6 is 22.7 Å². The summed E-state index contributed by atoms with van der Waals surface area (Å²) in [5.41, 5.74) is 4.44. The first-order chi connectivity index (χ1) is 13.3. The third kappa shape index (κ3) is 1.87. The van der Waals surface area contributed by atoms with E-state index in [2.05, 4.69) is 72.1 Å². The van der Waals surface area contributed by atoms with Crippen LogP contribution in [0.2, 0.25) is 0 Å². The number of thiophene rings is 2. The van der Waals surface area contributed by atoms with E-state index in [9.17, 15) is 0 Å². The Kier molecular flexibility index (Phi) is 2.65. The van der Waals surface area contributed by atoms with Gasteiger partial charge in [-0.2, -0.15) is 0 Å². The van der Waals surface area contributed by atoms with Gasteiger partial charge in [0.05, 0.1) is 0 Å². The fraction of sp³-hybridized carbons (Fsp3) is 0.0400. The second kappa shape index (κ2) is 4.98. The van der Waals surface area contributed by atoms with E-state index in [0.717, 1.165) is 6.42 Å². The molecule has 27 heavy (non-hydrogen) atoms. The minimum Gasteiger partial charge on any atom is -0.143 e. The second-order valence-electron chi connectivity index (χ2n) is 7.42. The van der Waals surface area contributed by atoms with Crippen LogP contribution in [-0.2, 0) is 6.42 Å². The molecule has 4 aromatic carbocycles. The molecule has 0 N–H and O–H groups in total. The predicted octanol–water partition coefficient (Wildman–Crippen LogP) is 7.99. The molecule has 0 nitrogen and oxygen atoms in total. The standard InChI is InChI=1S/C25H14S2/c1-2-5-15-9-17-12-23-20(10-16(17)8-14(15)4-1)21-11-18-13-26-22-7-3-6-19(24(18)22)25(21)27-23/h1-10,12-13H,11H2. The minimum absolute atomic E-state index is 1.06. The maximum Gasteiger partial charge on any atom is 0.0397 e. The highest BCUT2D eigenvalue weighted by Crippen LogP contribution is 2.49. The van der Waals surface area contributed by atoms with Crippen molar-refractivity contribution < 1.29 is 0 Å². The molecule has 0 fully saturated rings. The van der Waals surface area contributed by atoms with E-state index >= 15 is 0 Å². The summed E-state index contributed by atoms with van der Waals surface area (Å²) in [5, 5.41) is 10.6. The molecule has 0 spiro atoms. The average Bonchev–Trinajstić information content (AvgIpc) is 3.27. The Balaban J connectivity index is 1.60. The zero-order chi connectivity index (χ0) is 17.5. The topological polar surface area (TPSA) is 0 Å². The highest BCUT2D eigenvalue weighted by molar-refractivity contribution is 7.23. The second-order valence-corrected chi connectivity index (χ2v) is 9.38. The van der Waals surface area contributed by atoms with Gasteiger partial charge in [-0.05, 0) is 73.8 Å². The molecule has 2 heteroatoms. The summed E-state index contributed by atoms with van der Waals surface area (Å²) in [7, 11) is 0. The van der Waals surface area contributed by atoms with Gasteiger partial charge < -0.3 is 0 Å². The first kappa shape index (κ1) is 14.4. The van der Waals surface area contributed by atoms with Gasteiger partial charge in [-0.3, -0.25) is 0 Å². The van der Waals surface area contributed by atoms with Gasteiger partial charge >= 0.3 is 0 Å². The van der Waals surface area contributed by atoms with Gasteiger partial charge in [-0.25, -0.2) is 0 Å². The van der Waals surface area contributed by atoms with Crippen molar-refractivity contribution in [1.29, 1.82) is 0 Å². The first-order valence-electron chi connectivity index (χ1n) is 9.22. The van der Waals surface area contributed by atoms with Crippen LogP contribution in [0.25, 0.3) is 52.2 Å². The van der Waals surface area contributed by atoms with E-state index in [1.165, 1.54) is 63.3 Å². The summed E-state index contributed by atoms with van der Waals surface area (Å²) in [6.45, 7) is 0. The van der Waals surface area contributed by atoms with E-state index in [0.29, 0.717) is 0 Å². The smallest absolute Gasteiger partial charge is 0.0397 e. The molecule has 0 bridgehead atoms. The van der Waals surface area contributed by atoms with E-state index < -0.39 is 0 Å². The van der Waals surface area contributed by atoms with Crippen LogP contribution in [0.1, 0.15) is 11.1 Å². The van der Waals surface area contributed by atoms with Gasteiger partial charge in [0.15, 0.2) is 0 Å². The van der Waals surface area contributed by atoms with Crippen LogP contribution in [0.15, 0.2) is 72.1 Å². The Bertz CT molecular complexity index is 1550. The molecule has 0 amide bonds. The Morgan fingerprint density at radius 1 is 0.704 bits per heavy atom. The third-order valence-electron chi connectivity index (χ3n) is 5.90. The van der Waals surface area contributed by atoms with Gasteiger partial charge in [0.25, 0.3) is 0 Å². The Hall–Kier alpha value is -2.68. The molecule has 2 heterocycles. The average molecular weight is 379 g/mol. The van der Waals surface area contributed by atoms with Crippen LogP contribution in [0, 0.1) is 0 Å². The molecule has 0 saturated carbocycles. The van der Waals surface area contributed by atoms with Crippen molar-refractivity contribution in [2.75, 3.05) is 0 Å². The fourth-order valence-corrected chi connectivity index (χ4v) is 6.91. The van der Waals surface area contributed by atoms with Crippen LogP contribution in [-0.4, -0.2) is 0 Å². The number of rotatable bonds is 0. The van der Waals surface area contributed by atoms with Gasteiger partial charge in [0.2, 0.25) is 0 Å². The largest absolute Gasteiger partial charge is 0.143 e. The van der Waals surface area contributed by atoms with Crippen LogP contribution in [0.3, 0.4) is 0 Å². The maximum atomic E-state index is 2.42. The van der Waals surface area contributed by atoms with Crippen molar-refractivity contribution in [3.8, 4) is 10.4 Å². The monoisotopic (exact) mass is 378 g/mol. The van der Waals surface area contributed by atoms with Gasteiger partial charge in [-0.15, -0.1) is 22.7 Å². The van der Waals surface area contributed by atoms with Gasteiger partial charge in [0, 0.05) is 31.6 Å². The first-order valence-corrected chi connectivity index (χ1v) is 10.9. The number of benzene rings is 4. The quantitative estimate of drug-likeness (QED) is 0.235. The van der Waals surface area contributed by atoms with Crippen LogP contribution in [0.4, 0.5) is 0 Å². The van der Waals surface area contributed by atoms with Crippen LogP contribution in [0.5, 0.6) is 0 Å². The maximum absolute atomic E-state index is 2.42. The number of fused-ring (bicyclic) bond motifs is 6. The van der Waals surface area contributed by atoms with E-state index in [1.807, 2.05) is 22.7 Å². The molecule has 0 atom stereocenters. The molecule has 2 aromatic heterocycles. The molecule has 6 aromatic rings. The zero-order valence-corrected chi connectivity index (χ0v) is 16.1. The molecule has 1 aliphatic carbocycles. The van der Waals surface area contributed by atoms with Crippen molar-refractivity contribution in [2.24, 2.45) is 0 Å². The summed E-state index contributed by atoms with van der Waals surface area (Å²) in [5.74, 6) is 0. The lowest BCUT2D eigenvalue weighted by molar-refractivity contribution is 1.25. The Labute approximate surface area is 164 Å². The Morgan fingerprint density at radius 2 is 1.52 bits per heavy atom. The van der Waals surface area contributed by atoms with E-state index in [-0.39, 0.29) is 0 Å². The molecule has 0 unspecified atom stereocenters. The van der Waals surface area contributed by atoms with Crippen molar-refractivity contribution >= 4 is 64.4 Å². The van der Waals surface area contributed by atoms with E-state index in [4.69, 9.17) is 0 Å². The highest BCUT2D eigenvalue weighted by atomic mass is 32.1. The van der Waals surface area contributed by atoms with Gasteiger partial charge in [-0.1, -0.05) is 36.4 Å². The summed E-state index contributed by atoms with van der Waals surface area (Å²) in [6.07, 6.45) is 1.06. The van der Waals surface area contributed by atoms with Crippen LogP contribution < -0.4 is 0 Å². The summed E-state index contributed by atoms with van der Waals surface area (Å²) in [6, 6.07) is 24.9. The molecular weight excluding hydrogens is 364 g/mol. The molecule has 0 aliphatic heterocycles. The normalized spacial score (nSPS) is 13.0. The molecule has 1 aliphatic rings. The lowest BCUT2D eigenvalue weighted by atomic mass is 9.90. The minimum atomic E-state index is 1.06. The van der Waals surface area contributed by atoms with Crippen molar-refractivity contribution in [1.82, 2.24) is 0 Å². The molecule has 0 saturated heterocycles. The van der Waals surface area contributed by atoms with Crippen molar-refractivity contribution in [3.05, 3.63) is 83.2 Å². The van der Waals surface area contributed by atoms with E-state index in [1.54, 1.807) is 0 Å². The van der Waals surface area contributed by atoms with Crippen molar-refractivity contribution in [3.63, 3.8) is 0 Å². The molecule has 0 radical (unpaired) electrons. The SMILES string of the molecule is c1ccc2cc3cc4c5c(sc4cc3cc2c1)-c1cccc2scc(c12)C5. The fourth-order valence-electron chi connectivity index (χ4n) is 4.64. The van der Waals surface area contributed by atoms with Crippen molar-refractivity contribution in [2.45, 2.75) is 6.42 Å². The third-order valence-corrected chi connectivity index (χ3v) is 8.13. The number of hydrogen-bond acceptors (Lipinski definition) is 2. The lowest BCUT2D eigenvalue weighted by Gasteiger charge is -2.13. The van der Waals surface area contributed by atoms with Gasteiger partial charge in [0.1, 0.15) is 0 Å². The lowest BCUT2D eigenvalue weighted by Crippen LogP contribution is -1.95. The predicted molar refractivity (Wildman–Crippen MR) is 120 cm³/mol. The molecule has 126 valence electrons. The summed E-state index contributed by atoms with van der Waals surface area (Å²) in [4.78, 5) is 1.47. The zero-order valence-electron chi connectivity index (χ0n) is 14.5. The molecule has 7 rings (SSSR count). The summed E-state index contributed by atoms with van der Waals surface area (Å²) >= 11 is 3.85. The molecular formula is C25H14S2. The Morgan fingerprint density at radius 3 is 2.37 bits per heavy atom. The number of hydrogen-bond donors (Lipinski definition) is 0. The highest BCUT2D eigenvalue weighted by Gasteiger charge is 2.23.